The normalized spacial score (nSPS) is 15.0. The van der Waals surface area contributed by atoms with Crippen molar-refractivity contribution in [2.45, 2.75) is 19.1 Å². The maximum Gasteiger partial charge on any atom is 0.341 e. The third-order valence-corrected chi connectivity index (χ3v) is 4.36. The van der Waals surface area contributed by atoms with Crippen LogP contribution in [0.25, 0.3) is 0 Å². The molecule has 136 valence electrons. The maximum atomic E-state index is 12.4. The predicted octanol–water partition coefficient (Wildman–Crippen LogP) is 2.76. The van der Waals surface area contributed by atoms with E-state index >= 15 is 0 Å². The molecule has 1 N–H and O–H groups in total. The summed E-state index contributed by atoms with van der Waals surface area (Å²) in [7, 11) is 2.78. The fraction of sp³-hybridized carbons (Fsp3) is 0.263. The molecule has 1 unspecified atom stereocenters. The molecule has 0 saturated carbocycles. The van der Waals surface area contributed by atoms with Gasteiger partial charge in [0, 0.05) is 18.0 Å². The molecule has 0 spiro atoms. The lowest BCUT2D eigenvalue weighted by Gasteiger charge is -2.13. The molecule has 3 rings (SSSR count). The van der Waals surface area contributed by atoms with Crippen molar-refractivity contribution in [1.82, 2.24) is 5.32 Å². The summed E-state index contributed by atoms with van der Waals surface area (Å²) in [5.41, 5.74) is 1.97. The summed E-state index contributed by atoms with van der Waals surface area (Å²) in [5, 5.41) is 3.44. The van der Waals surface area contributed by atoms with Crippen LogP contribution >= 0.6 is 11.6 Å². The topological polar surface area (TPSA) is 73.9 Å². The summed E-state index contributed by atoms with van der Waals surface area (Å²) >= 11 is 5.96. The minimum Gasteiger partial charge on any atom is -0.496 e. The fourth-order valence-electron chi connectivity index (χ4n) is 2.80. The molecule has 1 amide bonds. The van der Waals surface area contributed by atoms with Gasteiger partial charge < -0.3 is 19.5 Å². The molecule has 0 bridgehead atoms. The van der Waals surface area contributed by atoms with Crippen molar-refractivity contribution in [3.8, 4) is 11.5 Å². The molecule has 1 aliphatic rings. The summed E-state index contributed by atoms with van der Waals surface area (Å²) in [6.45, 7) is 0.254. The summed E-state index contributed by atoms with van der Waals surface area (Å²) in [6, 6.07) is 10.4. The van der Waals surface area contributed by atoms with Crippen molar-refractivity contribution in [2.24, 2.45) is 0 Å². The number of methoxy groups -OCH3 is 2. The van der Waals surface area contributed by atoms with Crippen molar-refractivity contribution in [3.05, 3.63) is 58.1 Å². The van der Waals surface area contributed by atoms with E-state index in [0.717, 1.165) is 11.1 Å². The number of hydrogen-bond acceptors (Lipinski definition) is 5. The van der Waals surface area contributed by atoms with Crippen LogP contribution in [0.2, 0.25) is 5.02 Å². The number of nitrogens with one attached hydrogen (secondary N) is 1. The molecular weight excluding hydrogens is 358 g/mol. The van der Waals surface area contributed by atoms with Crippen molar-refractivity contribution < 1.29 is 23.8 Å². The lowest BCUT2D eigenvalue weighted by atomic mass is 10.1. The zero-order valence-electron chi connectivity index (χ0n) is 14.4. The molecule has 0 radical (unpaired) electrons. The summed E-state index contributed by atoms with van der Waals surface area (Å²) in [5.74, 6) is 0.361. The van der Waals surface area contributed by atoms with E-state index < -0.39 is 12.1 Å². The number of amides is 1. The van der Waals surface area contributed by atoms with Gasteiger partial charge in [-0.25, -0.2) is 4.79 Å². The van der Waals surface area contributed by atoms with Crippen molar-refractivity contribution in [1.29, 1.82) is 0 Å². The van der Waals surface area contributed by atoms with Gasteiger partial charge in [-0.2, -0.15) is 0 Å². The Kier molecular flexibility index (Phi) is 5.32. The first-order valence-corrected chi connectivity index (χ1v) is 8.37. The second kappa shape index (κ2) is 7.66. The Morgan fingerprint density at radius 1 is 1.23 bits per heavy atom. The van der Waals surface area contributed by atoms with Crippen LogP contribution in [0.1, 0.15) is 21.5 Å². The number of hydrogen-bond donors (Lipinski definition) is 1. The fourth-order valence-corrected chi connectivity index (χ4v) is 3.00. The van der Waals surface area contributed by atoms with Crippen LogP contribution in [0, 0.1) is 0 Å². The van der Waals surface area contributed by atoms with Crippen LogP contribution in [0.3, 0.4) is 0 Å². The standard InChI is InChI=1S/C19H18ClNO5/c1-24-16-5-3-11(7-14(16)19(23)25-2)10-21-18(22)17-9-12-8-13(20)4-6-15(12)26-17/h3-8,17H,9-10H2,1-2H3,(H,21,22). The summed E-state index contributed by atoms with van der Waals surface area (Å²) in [4.78, 5) is 24.2. The van der Waals surface area contributed by atoms with Gasteiger partial charge in [0.15, 0.2) is 6.10 Å². The highest BCUT2D eigenvalue weighted by Gasteiger charge is 2.29. The minimum atomic E-state index is -0.596. The third kappa shape index (κ3) is 3.75. The van der Waals surface area contributed by atoms with Crippen LogP contribution in [0.15, 0.2) is 36.4 Å². The molecule has 2 aromatic carbocycles. The van der Waals surface area contributed by atoms with Crippen LogP contribution in [0.4, 0.5) is 0 Å². The summed E-state index contributed by atoms with van der Waals surface area (Å²) < 4.78 is 15.6. The number of fused-ring (bicyclic) bond motifs is 1. The first-order valence-electron chi connectivity index (χ1n) is 8.00. The van der Waals surface area contributed by atoms with Crippen molar-refractivity contribution >= 4 is 23.5 Å². The van der Waals surface area contributed by atoms with Crippen molar-refractivity contribution in [3.63, 3.8) is 0 Å². The Labute approximate surface area is 156 Å². The molecule has 0 aromatic heterocycles. The molecule has 7 heteroatoms. The SMILES string of the molecule is COC(=O)c1cc(CNC(=O)C2Cc3cc(Cl)ccc3O2)ccc1OC. The Balaban J connectivity index is 1.64. The number of carbonyl (C=O) groups excluding carboxylic acids is 2. The van der Waals surface area contributed by atoms with Gasteiger partial charge in [0.05, 0.1) is 14.2 Å². The van der Waals surface area contributed by atoms with E-state index in [1.165, 1.54) is 14.2 Å². The molecule has 1 aliphatic heterocycles. The zero-order valence-corrected chi connectivity index (χ0v) is 15.1. The second-order valence-corrected chi connectivity index (χ2v) is 6.24. The van der Waals surface area contributed by atoms with Crippen molar-refractivity contribution in [2.75, 3.05) is 14.2 Å². The van der Waals surface area contributed by atoms with Crippen LogP contribution in [-0.2, 0) is 22.5 Å². The molecule has 1 atom stereocenters. The number of halogens is 1. The Hall–Kier alpha value is -2.73. The van der Waals surface area contributed by atoms with E-state index in [0.29, 0.717) is 28.5 Å². The predicted molar refractivity (Wildman–Crippen MR) is 95.8 cm³/mol. The second-order valence-electron chi connectivity index (χ2n) is 5.81. The van der Waals surface area contributed by atoms with Crippen LogP contribution in [0.5, 0.6) is 11.5 Å². The van der Waals surface area contributed by atoms with Gasteiger partial charge in [-0.1, -0.05) is 17.7 Å². The molecule has 1 heterocycles. The van der Waals surface area contributed by atoms with Gasteiger partial charge in [-0.3, -0.25) is 4.79 Å². The molecular formula is C19H18ClNO5. The van der Waals surface area contributed by atoms with Crippen LogP contribution in [-0.4, -0.2) is 32.2 Å². The van der Waals surface area contributed by atoms with Gasteiger partial charge >= 0.3 is 5.97 Å². The minimum absolute atomic E-state index is 0.229. The van der Waals surface area contributed by atoms with E-state index in [2.05, 4.69) is 5.32 Å². The Morgan fingerprint density at radius 2 is 2.04 bits per heavy atom. The largest absolute Gasteiger partial charge is 0.496 e. The molecule has 2 aromatic rings. The number of carbonyl (C=O) groups is 2. The first kappa shape index (κ1) is 18.1. The van der Waals surface area contributed by atoms with Crippen LogP contribution < -0.4 is 14.8 Å². The lowest BCUT2D eigenvalue weighted by molar-refractivity contribution is -0.127. The number of rotatable bonds is 5. The van der Waals surface area contributed by atoms with E-state index in [1.807, 2.05) is 0 Å². The Morgan fingerprint density at radius 3 is 2.77 bits per heavy atom. The number of ether oxygens (including phenoxy) is 3. The zero-order chi connectivity index (χ0) is 18.7. The Bertz CT molecular complexity index is 852. The van der Waals surface area contributed by atoms with Gasteiger partial charge in [0.25, 0.3) is 5.91 Å². The third-order valence-electron chi connectivity index (χ3n) is 4.13. The van der Waals surface area contributed by atoms with E-state index in [4.69, 9.17) is 25.8 Å². The maximum absolute atomic E-state index is 12.4. The smallest absolute Gasteiger partial charge is 0.341 e. The van der Waals surface area contributed by atoms with E-state index in [9.17, 15) is 9.59 Å². The molecule has 6 nitrogen and oxygen atoms in total. The average molecular weight is 376 g/mol. The highest BCUT2D eigenvalue weighted by molar-refractivity contribution is 6.30. The quantitative estimate of drug-likeness (QED) is 0.813. The van der Waals surface area contributed by atoms with Gasteiger partial charge in [-0.05, 0) is 41.5 Å². The van der Waals surface area contributed by atoms with Gasteiger partial charge in [-0.15, -0.1) is 0 Å². The highest BCUT2D eigenvalue weighted by atomic mass is 35.5. The number of benzene rings is 2. The molecule has 26 heavy (non-hydrogen) atoms. The lowest BCUT2D eigenvalue weighted by Crippen LogP contribution is -2.37. The molecule has 0 aliphatic carbocycles. The average Bonchev–Trinajstić information content (AvgIpc) is 3.08. The summed E-state index contributed by atoms with van der Waals surface area (Å²) in [6.07, 6.45) is -0.126. The first-order chi connectivity index (χ1) is 12.5. The number of esters is 1. The van der Waals surface area contributed by atoms with E-state index in [1.54, 1.807) is 36.4 Å². The van der Waals surface area contributed by atoms with Gasteiger partial charge in [0.2, 0.25) is 0 Å². The highest BCUT2D eigenvalue weighted by Crippen LogP contribution is 2.31. The molecule has 0 saturated heterocycles. The molecule has 0 fully saturated rings. The van der Waals surface area contributed by atoms with E-state index in [-0.39, 0.29) is 12.5 Å². The van der Waals surface area contributed by atoms with Gasteiger partial charge in [0.1, 0.15) is 17.1 Å². The monoisotopic (exact) mass is 375 g/mol.